The molecule has 0 spiro atoms. The van der Waals surface area contributed by atoms with Crippen molar-refractivity contribution in [3.63, 3.8) is 0 Å². The van der Waals surface area contributed by atoms with Crippen LogP contribution in [0.15, 0.2) is 23.8 Å². The fraction of sp³-hybridized carbons (Fsp3) is 0.500. The molecular weight excluding hydrogens is 688 g/mol. The molecule has 0 radical (unpaired) electrons. The summed E-state index contributed by atoms with van der Waals surface area (Å²) < 4.78 is 81.0. The number of nitrogens with two attached hydrogens (primary N) is 2. The molecule has 3 aliphatic rings. The van der Waals surface area contributed by atoms with Crippen molar-refractivity contribution in [2.75, 3.05) is 24.7 Å². The molecule has 45 heavy (non-hydrogen) atoms. The second-order valence-electron chi connectivity index (χ2n) is 10.0. The molecule has 7 heterocycles. The first kappa shape index (κ1) is 30.9. The molecule has 19 nitrogen and oxygen atoms in total. The van der Waals surface area contributed by atoms with Crippen molar-refractivity contribution in [1.82, 2.24) is 39.0 Å². The third-order valence-electron chi connectivity index (χ3n) is 7.23. The van der Waals surface area contributed by atoms with Gasteiger partial charge in [0.2, 0.25) is 5.95 Å². The summed E-state index contributed by atoms with van der Waals surface area (Å²) in [6.07, 6.45) is -9.83. The quantitative estimate of drug-likeness (QED) is 0.142. The van der Waals surface area contributed by atoms with E-state index in [-0.39, 0.29) is 34.1 Å². The molecule has 2 bridgehead atoms. The van der Waals surface area contributed by atoms with E-state index < -0.39 is 81.5 Å². The number of fused-ring (bicyclic) bond motifs is 5. The topological polar surface area (TPSA) is 252 Å². The van der Waals surface area contributed by atoms with Crippen LogP contribution in [-0.4, -0.2) is 93.9 Å². The van der Waals surface area contributed by atoms with Gasteiger partial charge in [-0.3, -0.25) is 32.5 Å². The van der Waals surface area contributed by atoms with E-state index in [2.05, 4.69) is 42.2 Å². The van der Waals surface area contributed by atoms with Gasteiger partial charge >= 0.3 is 13.5 Å². The molecule has 7 rings (SSSR count). The number of rotatable bonds is 2. The largest absolute Gasteiger partial charge is 0.386 e. The predicted octanol–water partition coefficient (Wildman–Crippen LogP) is 0.667. The minimum atomic E-state index is -4.45. The Morgan fingerprint density at radius 3 is 2.42 bits per heavy atom. The number of ether oxygens (including phenoxy) is 2. The van der Waals surface area contributed by atoms with Gasteiger partial charge in [0.25, 0.3) is 5.56 Å². The van der Waals surface area contributed by atoms with Gasteiger partial charge in [-0.1, -0.05) is 12.2 Å². The fourth-order valence-corrected chi connectivity index (χ4v) is 8.12. The van der Waals surface area contributed by atoms with Crippen LogP contribution in [0.4, 0.5) is 20.5 Å². The highest BCUT2D eigenvalue weighted by atomic mass is 32.7. The number of thiol groups is 1. The van der Waals surface area contributed by atoms with Crippen LogP contribution in [0.3, 0.4) is 0 Å². The van der Waals surface area contributed by atoms with E-state index in [1.807, 2.05) is 0 Å². The molecule has 0 amide bonds. The molecule has 242 valence electrons. The molecule has 0 aromatic carbocycles. The highest BCUT2D eigenvalue weighted by Gasteiger charge is 2.54. The molecule has 10 atom stereocenters. The van der Waals surface area contributed by atoms with Crippen LogP contribution in [0, 0.1) is 0 Å². The van der Waals surface area contributed by atoms with Gasteiger partial charge in [0.15, 0.2) is 47.4 Å². The van der Waals surface area contributed by atoms with E-state index in [0.717, 1.165) is 17.2 Å². The first-order chi connectivity index (χ1) is 21.3. The number of hydrogen-bond acceptors (Lipinski definition) is 16. The van der Waals surface area contributed by atoms with Crippen LogP contribution in [-0.2, 0) is 43.9 Å². The summed E-state index contributed by atoms with van der Waals surface area (Å²) in [6, 6.07) is 0. The predicted molar refractivity (Wildman–Crippen MR) is 155 cm³/mol. The van der Waals surface area contributed by atoms with Gasteiger partial charge < -0.3 is 30.4 Å². The molecule has 3 fully saturated rings. The number of imidazole rings is 2. The van der Waals surface area contributed by atoms with Crippen LogP contribution in [0.1, 0.15) is 12.5 Å². The molecule has 3 saturated heterocycles. The number of anilines is 2. The van der Waals surface area contributed by atoms with Crippen molar-refractivity contribution in [3.05, 3.63) is 29.3 Å². The van der Waals surface area contributed by atoms with Gasteiger partial charge in [-0.15, -0.1) is 0 Å². The van der Waals surface area contributed by atoms with Crippen LogP contribution in [0.25, 0.3) is 22.3 Å². The summed E-state index contributed by atoms with van der Waals surface area (Å²) in [4.78, 5) is 45.6. The zero-order chi connectivity index (χ0) is 31.8. The van der Waals surface area contributed by atoms with Crippen molar-refractivity contribution >= 4 is 71.7 Å². The van der Waals surface area contributed by atoms with Crippen molar-refractivity contribution in [2.45, 2.75) is 49.2 Å². The van der Waals surface area contributed by atoms with E-state index in [4.69, 9.17) is 50.8 Å². The molecule has 0 saturated carbocycles. The Morgan fingerprint density at radius 1 is 0.956 bits per heavy atom. The average molecular weight is 711 g/mol. The monoisotopic (exact) mass is 710 g/mol. The van der Waals surface area contributed by atoms with Crippen molar-refractivity contribution in [1.29, 1.82) is 0 Å². The number of hydrogen-bond donors (Lipinski definition) is 5. The van der Waals surface area contributed by atoms with E-state index in [1.54, 1.807) is 0 Å². The molecule has 0 aliphatic carbocycles. The molecule has 4 aromatic heterocycles. The van der Waals surface area contributed by atoms with E-state index >= 15 is 8.78 Å². The van der Waals surface area contributed by atoms with Crippen LogP contribution in [0.2, 0.25) is 0 Å². The van der Waals surface area contributed by atoms with Crippen molar-refractivity contribution < 1.29 is 45.8 Å². The number of nitrogens with zero attached hydrogens (tertiary/aromatic N) is 7. The number of nitrogens with one attached hydrogen (secondary N) is 1. The second-order valence-corrected chi connectivity index (χ2v) is 15.7. The maximum absolute atomic E-state index is 16.0. The standard InChI is InChI=1S/C20H22F2N10O9P2S2/c21-8-6-1-36-42(34,44)40-12-7(39-18(9(12)22)31-4-27-10-14(23)25-3-26-15(10)31)2-37-43(35,45)41-13(8)19(38-6)32-5-28-11-16(32)29-20(24)30-17(11)33/h3-9,12-13,18-19H,1-2H2,(H,34,44)(H,35,45)(H2,23,25,26)(H3,24,29,30,33)/t6-,7-,8-,9+,12-,13-,18-,19-,42?,43?/m1/s1. The minimum absolute atomic E-state index is 0.0386. The average Bonchev–Trinajstić information content (AvgIpc) is 3.72. The Hall–Kier alpha value is -2.69. The summed E-state index contributed by atoms with van der Waals surface area (Å²) in [5.74, 6) is -0.223. The maximum atomic E-state index is 16.0. The normalized spacial score (nSPS) is 37.7. The smallest absolute Gasteiger partial charge is 0.382 e. The zero-order valence-electron chi connectivity index (χ0n) is 22.3. The second kappa shape index (κ2) is 11.2. The first-order valence-corrected chi connectivity index (χ1v) is 18.2. The summed E-state index contributed by atoms with van der Waals surface area (Å²) in [7, 11) is 0. The summed E-state index contributed by atoms with van der Waals surface area (Å²) in [5.41, 5.74) is 10.9. The van der Waals surface area contributed by atoms with Crippen LogP contribution in [0.5, 0.6) is 0 Å². The Labute approximate surface area is 259 Å². The van der Waals surface area contributed by atoms with Crippen molar-refractivity contribution in [2.24, 2.45) is 0 Å². The lowest BCUT2D eigenvalue weighted by molar-refractivity contribution is -0.0584. The lowest BCUT2D eigenvalue weighted by atomic mass is 10.1. The number of H-pyrrole nitrogens is 1. The highest BCUT2D eigenvalue weighted by molar-refractivity contribution is 8.44. The third kappa shape index (κ3) is 5.54. The number of alkyl halides is 2. The molecule has 6 N–H and O–H groups in total. The molecule has 4 aromatic rings. The zero-order valence-corrected chi connectivity index (χ0v) is 25.8. The molecule has 25 heteroatoms. The lowest BCUT2D eigenvalue weighted by Gasteiger charge is -2.27. The summed E-state index contributed by atoms with van der Waals surface area (Å²) in [6.45, 7) is -10.2. The molecular formula is C20H22F2N10O9P2S2. The van der Waals surface area contributed by atoms with E-state index in [1.165, 1.54) is 10.9 Å². The van der Waals surface area contributed by atoms with Gasteiger partial charge in [-0.25, -0.2) is 33.3 Å². The van der Waals surface area contributed by atoms with Gasteiger partial charge in [0.05, 0.1) is 25.9 Å². The Kier molecular flexibility index (Phi) is 7.72. The Morgan fingerprint density at radius 2 is 1.64 bits per heavy atom. The highest BCUT2D eigenvalue weighted by Crippen LogP contribution is 2.58. The lowest BCUT2D eigenvalue weighted by Crippen LogP contribution is -2.34. The van der Waals surface area contributed by atoms with E-state index in [9.17, 15) is 14.3 Å². The van der Waals surface area contributed by atoms with Crippen LogP contribution >= 0.6 is 25.8 Å². The van der Waals surface area contributed by atoms with Gasteiger partial charge in [0, 0.05) is 0 Å². The maximum Gasteiger partial charge on any atom is 0.386 e. The van der Waals surface area contributed by atoms with Crippen molar-refractivity contribution in [3.8, 4) is 0 Å². The Balaban J connectivity index is 1.21. The minimum Gasteiger partial charge on any atom is -0.382 e. The van der Waals surface area contributed by atoms with Gasteiger partial charge in [-0.2, -0.15) is 4.98 Å². The fourth-order valence-electron chi connectivity index (χ4n) is 5.23. The molecule has 2 unspecified atom stereocenters. The first-order valence-electron chi connectivity index (χ1n) is 12.9. The summed E-state index contributed by atoms with van der Waals surface area (Å²) in [5, 5.41) is 0. The third-order valence-corrected chi connectivity index (χ3v) is 10.4. The van der Waals surface area contributed by atoms with Crippen LogP contribution < -0.4 is 17.0 Å². The molecule has 3 aliphatic heterocycles. The van der Waals surface area contributed by atoms with Gasteiger partial charge in [-0.05, 0) is 11.8 Å². The number of halogens is 2. The van der Waals surface area contributed by atoms with E-state index in [0.29, 0.717) is 0 Å². The SMILES string of the molecule is Nc1nc2c(ncn2[C@@H]2O[C@@H]3COP(=O)(S)O[C@H]4[C@H](F)[C@H](n5cnc6c(N)ncnc65)O[C@@H]4COP(O)(=S)O[C@@H]2[C@@H]3F)c(=O)[nH]1. The number of aromatic nitrogens is 8. The summed E-state index contributed by atoms with van der Waals surface area (Å²) >= 11 is 9.12. The number of aromatic amines is 1. The number of nitrogen functional groups attached to an aromatic ring is 2. The van der Waals surface area contributed by atoms with Gasteiger partial charge in [0.1, 0.15) is 36.3 Å². The Bertz CT molecular complexity index is 1950.